The van der Waals surface area contributed by atoms with E-state index in [0.717, 1.165) is 34.5 Å². The molecule has 1 amide bonds. The highest BCUT2D eigenvalue weighted by Gasteiger charge is 2.25. The molecule has 4 rings (SSSR count). The average Bonchev–Trinajstić information content (AvgIpc) is 3.50. The van der Waals surface area contributed by atoms with Crippen LogP contribution in [0.5, 0.6) is 5.75 Å². The number of terminal acetylenes is 1. The first-order valence-corrected chi connectivity index (χ1v) is 19.1. The van der Waals surface area contributed by atoms with E-state index < -0.39 is 11.2 Å². The summed E-state index contributed by atoms with van der Waals surface area (Å²) in [5.41, 5.74) is 3.11. The first-order chi connectivity index (χ1) is 25.9. The van der Waals surface area contributed by atoms with Gasteiger partial charge in [0.2, 0.25) is 29.0 Å². The summed E-state index contributed by atoms with van der Waals surface area (Å²) in [4.78, 5) is 38.0. The highest BCUT2D eigenvalue weighted by Crippen LogP contribution is 2.33. The molecule has 4 aromatic rings. The molecule has 1 atom stereocenters. The van der Waals surface area contributed by atoms with Crippen molar-refractivity contribution in [3.63, 3.8) is 0 Å². The van der Waals surface area contributed by atoms with Crippen LogP contribution in [-0.2, 0) is 21.4 Å². The van der Waals surface area contributed by atoms with E-state index in [1.807, 2.05) is 67.5 Å². The van der Waals surface area contributed by atoms with Gasteiger partial charge in [0.05, 0.1) is 34.1 Å². The molecule has 0 saturated heterocycles. The fourth-order valence-corrected chi connectivity index (χ4v) is 5.68. The molecular weight excluding hydrogens is 790 g/mol. The molecule has 0 bridgehead atoms. The lowest BCUT2D eigenvalue weighted by molar-refractivity contribution is -0.116. The van der Waals surface area contributed by atoms with Gasteiger partial charge < -0.3 is 29.4 Å². The molecule has 17 heteroatoms. The second kappa shape index (κ2) is 22.5. The molecule has 2 N–H and O–H groups in total. The number of carbonyl (C=O) groups is 1. The van der Waals surface area contributed by atoms with Gasteiger partial charge in [0.25, 0.3) is 0 Å². The number of alkyl halides is 1. The Morgan fingerprint density at radius 3 is 2.29 bits per heavy atom. The number of nitrogens with one attached hydrogen (secondary N) is 2. The Labute approximate surface area is 343 Å². The number of amides is 1. The van der Waals surface area contributed by atoms with Gasteiger partial charge in [0.15, 0.2) is 0 Å². The Hall–Kier alpha value is -4.06. The van der Waals surface area contributed by atoms with Crippen molar-refractivity contribution in [1.29, 1.82) is 0 Å². The van der Waals surface area contributed by atoms with E-state index in [-0.39, 0.29) is 45.8 Å². The molecule has 0 aliphatic carbocycles. The zero-order valence-corrected chi connectivity index (χ0v) is 35.9. The minimum Gasteiger partial charge on any atom is -0.479 e. The van der Waals surface area contributed by atoms with Crippen molar-refractivity contribution in [1.82, 2.24) is 24.7 Å². The van der Waals surface area contributed by atoms with Crippen molar-refractivity contribution in [3.05, 3.63) is 73.2 Å². The number of para-hydroxylation sites is 1. The van der Waals surface area contributed by atoms with Gasteiger partial charge in [0, 0.05) is 31.2 Å². The summed E-state index contributed by atoms with van der Waals surface area (Å²) in [6.07, 6.45) is 6.03. The zero-order valence-electron chi connectivity index (χ0n) is 32.9. The Bertz CT molecular complexity index is 1960. The van der Waals surface area contributed by atoms with Crippen molar-refractivity contribution in [2.45, 2.75) is 86.2 Å². The van der Waals surface area contributed by atoms with E-state index in [9.17, 15) is 9.59 Å². The largest absolute Gasteiger partial charge is 0.479 e. The van der Waals surface area contributed by atoms with Crippen LogP contribution < -0.4 is 26.0 Å². The summed E-state index contributed by atoms with van der Waals surface area (Å²) in [5.74, 6) is 3.19. The normalized spacial score (nSPS) is 11.4. The van der Waals surface area contributed by atoms with Crippen LogP contribution in [0.1, 0.15) is 72.4 Å². The summed E-state index contributed by atoms with van der Waals surface area (Å²) in [7, 11) is 1.64. The number of methoxy groups -OCH3 is 1. The summed E-state index contributed by atoms with van der Waals surface area (Å²) in [6, 6.07) is 9.27. The third-order valence-corrected chi connectivity index (χ3v) is 8.26. The Kier molecular flexibility index (Phi) is 19.3. The number of nitrogens with zero attached hydrogens (tertiary/aromatic N) is 6. The summed E-state index contributed by atoms with van der Waals surface area (Å²) in [6.45, 7) is 19.0. The van der Waals surface area contributed by atoms with Gasteiger partial charge in [-0.1, -0.05) is 75.0 Å². The third kappa shape index (κ3) is 14.2. The monoisotopic (exact) mass is 838 g/mol. The highest BCUT2D eigenvalue weighted by molar-refractivity contribution is 6.36. The van der Waals surface area contributed by atoms with Crippen LogP contribution in [0.4, 0.5) is 17.6 Å². The van der Waals surface area contributed by atoms with Crippen molar-refractivity contribution in [2.75, 3.05) is 48.3 Å². The summed E-state index contributed by atoms with van der Waals surface area (Å²) < 4.78 is 16.7. The van der Waals surface area contributed by atoms with Crippen LogP contribution in [0.25, 0.3) is 5.69 Å². The van der Waals surface area contributed by atoms with Gasteiger partial charge in [-0.25, -0.2) is 4.79 Å². The van der Waals surface area contributed by atoms with Crippen molar-refractivity contribution < 1.29 is 18.7 Å². The van der Waals surface area contributed by atoms with Crippen LogP contribution >= 0.6 is 46.4 Å². The number of anilines is 3. The van der Waals surface area contributed by atoms with E-state index in [2.05, 4.69) is 49.6 Å². The fraction of sp³-hybridized carbons (Fsp3) is 0.474. The third-order valence-electron chi connectivity index (χ3n) is 7.27. The van der Waals surface area contributed by atoms with Crippen molar-refractivity contribution in [2.24, 2.45) is 0 Å². The average molecular weight is 841 g/mol. The summed E-state index contributed by atoms with van der Waals surface area (Å²) >= 11 is 23.7. The van der Waals surface area contributed by atoms with Crippen LogP contribution in [0.3, 0.4) is 0 Å². The number of rotatable bonds is 13. The molecule has 1 unspecified atom stereocenters. The maximum atomic E-state index is 12.2. The molecule has 300 valence electrons. The molecule has 0 fully saturated rings. The molecular formula is C38H50Cl4N8O5. The van der Waals surface area contributed by atoms with E-state index in [1.54, 1.807) is 12.0 Å². The first-order valence-electron chi connectivity index (χ1n) is 17.5. The second-order valence-electron chi connectivity index (χ2n) is 13.3. The summed E-state index contributed by atoms with van der Waals surface area (Å²) in [5, 5.41) is 10.9. The molecule has 0 aliphatic rings. The SMILES string of the molecule is C#CCOc1cc(-n2nc(C(C)(C)C)oc2=O)c(Cl)cc1Cl.CCNc1nc(Cl)nc(NC(C)C)n1.CCc1cccc(C)c1N(C(=O)CCl)C(C)COC. The van der Waals surface area contributed by atoms with Gasteiger partial charge in [-0.05, 0) is 69.8 Å². The Morgan fingerprint density at radius 2 is 1.75 bits per heavy atom. The number of aryl methyl sites for hydroxylation is 2. The first kappa shape index (κ1) is 47.1. The van der Waals surface area contributed by atoms with Crippen molar-refractivity contribution >= 4 is 69.9 Å². The molecule has 2 heterocycles. The predicted molar refractivity (Wildman–Crippen MR) is 223 cm³/mol. The number of carbonyl (C=O) groups excluding carboxylic acids is 1. The lowest BCUT2D eigenvalue weighted by atomic mass is 9.97. The maximum absolute atomic E-state index is 12.2. The van der Waals surface area contributed by atoms with Crippen LogP contribution in [-0.4, -0.2) is 75.5 Å². The molecule has 0 spiro atoms. The number of hydrogen-bond donors (Lipinski definition) is 2. The number of halogens is 4. The zero-order chi connectivity index (χ0) is 41.5. The van der Waals surface area contributed by atoms with E-state index in [0.29, 0.717) is 35.8 Å². The molecule has 2 aromatic heterocycles. The number of aromatic nitrogens is 5. The van der Waals surface area contributed by atoms with Gasteiger partial charge >= 0.3 is 5.76 Å². The Balaban J connectivity index is 0.000000292. The van der Waals surface area contributed by atoms with Gasteiger partial charge in [0.1, 0.15) is 18.2 Å². The van der Waals surface area contributed by atoms with E-state index in [4.69, 9.17) is 66.7 Å². The highest BCUT2D eigenvalue weighted by atomic mass is 35.5. The lowest BCUT2D eigenvalue weighted by Gasteiger charge is -2.31. The quantitative estimate of drug-likeness (QED) is 0.0988. The van der Waals surface area contributed by atoms with Gasteiger partial charge in [-0.2, -0.15) is 19.6 Å². The van der Waals surface area contributed by atoms with Crippen LogP contribution in [0, 0.1) is 19.3 Å². The molecule has 0 saturated carbocycles. The van der Waals surface area contributed by atoms with E-state index >= 15 is 0 Å². The fourth-order valence-electron chi connectivity index (χ4n) is 4.87. The molecule has 55 heavy (non-hydrogen) atoms. The minimum absolute atomic E-state index is 0.0223. The van der Waals surface area contributed by atoms with Crippen molar-refractivity contribution in [3.8, 4) is 23.8 Å². The number of hydrogen-bond acceptors (Lipinski definition) is 11. The molecule has 2 aromatic carbocycles. The van der Waals surface area contributed by atoms with Gasteiger partial charge in [-0.15, -0.1) is 23.1 Å². The molecule has 0 radical (unpaired) electrons. The molecule has 0 aliphatic heterocycles. The topological polar surface area (TPSA) is 150 Å². The minimum atomic E-state index is -0.642. The van der Waals surface area contributed by atoms with Gasteiger partial charge in [-0.3, -0.25) is 4.79 Å². The molecule has 13 nitrogen and oxygen atoms in total. The standard InChI is InChI=1S/C15H14Cl2N2O3.C15H22ClNO2.C8H14ClN5/c1-5-6-21-12-8-11(9(16)7-10(12)17)19-14(20)22-13(18-19)15(2,3)4;1-5-13-8-6-7-11(2)15(13)17(14(18)9-16)12(3)10-19-4;1-4-10-7-12-6(9)13-8(14-7)11-5(2)3/h1,7-8H,6H2,2-4H3;6-8,12H,5,9-10H2,1-4H3;5H,4H2,1-3H3,(H2,10,11,12,13,14). The Morgan fingerprint density at radius 1 is 1.07 bits per heavy atom. The number of ether oxygens (including phenoxy) is 2. The smallest absolute Gasteiger partial charge is 0.442 e. The number of benzene rings is 2. The van der Waals surface area contributed by atoms with Crippen LogP contribution in [0.15, 0.2) is 39.5 Å². The second-order valence-corrected chi connectivity index (χ2v) is 14.7. The maximum Gasteiger partial charge on any atom is 0.442 e. The van der Waals surface area contributed by atoms with Crippen LogP contribution in [0.2, 0.25) is 15.3 Å². The lowest BCUT2D eigenvalue weighted by Crippen LogP contribution is -2.43. The predicted octanol–water partition coefficient (Wildman–Crippen LogP) is 8.38. The van der Waals surface area contributed by atoms with E-state index in [1.165, 1.54) is 12.1 Å².